The van der Waals surface area contributed by atoms with Crippen molar-refractivity contribution in [2.75, 3.05) is 13.1 Å². The molecule has 1 rings (SSSR count). The third-order valence-electron chi connectivity index (χ3n) is 2.91. The van der Waals surface area contributed by atoms with E-state index in [9.17, 15) is 9.90 Å². The second kappa shape index (κ2) is 7.13. The Morgan fingerprint density at radius 1 is 1.22 bits per heavy atom. The predicted octanol–water partition coefficient (Wildman–Crippen LogP) is 1.08. The molecule has 0 radical (unpaired) electrons. The van der Waals surface area contributed by atoms with Crippen LogP contribution in [0.1, 0.15) is 29.8 Å². The first-order chi connectivity index (χ1) is 8.50. The zero-order valence-electron chi connectivity index (χ0n) is 11.2. The van der Waals surface area contributed by atoms with Gasteiger partial charge >= 0.3 is 0 Å². The smallest absolute Gasteiger partial charge is 0.251 e. The van der Waals surface area contributed by atoms with Crippen molar-refractivity contribution in [1.29, 1.82) is 0 Å². The van der Waals surface area contributed by atoms with Crippen LogP contribution in [-0.2, 0) is 0 Å². The highest BCUT2D eigenvalue weighted by atomic mass is 16.3. The van der Waals surface area contributed by atoms with Crippen molar-refractivity contribution in [2.45, 2.75) is 32.9 Å². The SMILES string of the molecule is Cc1ccc(C(=O)NCCNC(C)C(C)O)cc1. The van der Waals surface area contributed by atoms with Gasteiger partial charge in [-0.1, -0.05) is 17.7 Å². The summed E-state index contributed by atoms with van der Waals surface area (Å²) in [6.07, 6.45) is -0.391. The number of hydrogen-bond acceptors (Lipinski definition) is 3. The van der Waals surface area contributed by atoms with E-state index < -0.39 is 6.10 Å². The van der Waals surface area contributed by atoms with Crippen LogP contribution in [0.3, 0.4) is 0 Å². The summed E-state index contributed by atoms with van der Waals surface area (Å²) in [5.41, 5.74) is 1.81. The average Bonchev–Trinajstić information content (AvgIpc) is 2.34. The van der Waals surface area contributed by atoms with Gasteiger partial charge in [-0.3, -0.25) is 4.79 Å². The standard InChI is InChI=1S/C14H22N2O2/c1-10-4-6-13(7-5-10)14(18)16-9-8-15-11(2)12(3)17/h4-7,11-12,15,17H,8-9H2,1-3H3,(H,16,18). The first-order valence-electron chi connectivity index (χ1n) is 6.27. The van der Waals surface area contributed by atoms with Crippen LogP contribution in [0.15, 0.2) is 24.3 Å². The maximum absolute atomic E-state index is 11.7. The van der Waals surface area contributed by atoms with Gasteiger partial charge in [0.15, 0.2) is 0 Å². The van der Waals surface area contributed by atoms with Crippen LogP contribution in [-0.4, -0.2) is 36.2 Å². The van der Waals surface area contributed by atoms with E-state index in [4.69, 9.17) is 0 Å². The molecule has 0 aliphatic heterocycles. The quantitative estimate of drug-likeness (QED) is 0.662. The van der Waals surface area contributed by atoms with E-state index in [1.54, 1.807) is 6.92 Å². The Balaban J connectivity index is 2.27. The van der Waals surface area contributed by atoms with Crippen molar-refractivity contribution >= 4 is 5.91 Å². The number of aliphatic hydroxyl groups excluding tert-OH is 1. The normalized spacial score (nSPS) is 14.0. The largest absolute Gasteiger partial charge is 0.392 e. The third-order valence-corrected chi connectivity index (χ3v) is 2.91. The van der Waals surface area contributed by atoms with Gasteiger partial charge < -0.3 is 15.7 Å². The first kappa shape index (κ1) is 14.7. The molecule has 4 heteroatoms. The van der Waals surface area contributed by atoms with Crippen molar-refractivity contribution in [3.05, 3.63) is 35.4 Å². The lowest BCUT2D eigenvalue weighted by Crippen LogP contribution is -2.40. The van der Waals surface area contributed by atoms with Crippen LogP contribution in [0.25, 0.3) is 0 Å². The molecule has 0 spiro atoms. The molecule has 0 fully saturated rings. The molecule has 2 atom stereocenters. The van der Waals surface area contributed by atoms with Crippen LogP contribution >= 0.6 is 0 Å². The summed E-state index contributed by atoms with van der Waals surface area (Å²) < 4.78 is 0. The van der Waals surface area contributed by atoms with Crippen molar-refractivity contribution in [3.8, 4) is 0 Å². The van der Waals surface area contributed by atoms with Crippen LogP contribution < -0.4 is 10.6 Å². The maximum Gasteiger partial charge on any atom is 0.251 e. The van der Waals surface area contributed by atoms with E-state index >= 15 is 0 Å². The zero-order valence-corrected chi connectivity index (χ0v) is 11.2. The molecular weight excluding hydrogens is 228 g/mol. The molecule has 4 nitrogen and oxygen atoms in total. The van der Waals surface area contributed by atoms with E-state index in [-0.39, 0.29) is 11.9 Å². The second-order valence-corrected chi connectivity index (χ2v) is 4.61. The Morgan fingerprint density at radius 2 is 1.83 bits per heavy atom. The second-order valence-electron chi connectivity index (χ2n) is 4.61. The van der Waals surface area contributed by atoms with Crippen molar-refractivity contribution in [3.63, 3.8) is 0 Å². The molecule has 2 unspecified atom stereocenters. The fourth-order valence-corrected chi connectivity index (χ4v) is 1.45. The summed E-state index contributed by atoms with van der Waals surface area (Å²) in [6.45, 7) is 6.82. The summed E-state index contributed by atoms with van der Waals surface area (Å²) in [6, 6.07) is 7.50. The van der Waals surface area contributed by atoms with E-state index in [0.717, 1.165) is 5.56 Å². The molecule has 1 amide bonds. The number of amides is 1. The Morgan fingerprint density at radius 3 is 2.39 bits per heavy atom. The molecule has 0 aliphatic rings. The summed E-state index contributed by atoms with van der Waals surface area (Å²) in [4.78, 5) is 11.7. The average molecular weight is 250 g/mol. The molecule has 0 heterocycles. The number of nitrogens with one attached hydrogen (secondary N) is 2. The molecule has 0 aliphatic carbocycles. The monoisotopic (exact) mass is 250 g/mol. The number of carbonyl (C=O) groups excluding carboxylic acids is 1. The number of benzene rings is 1. The predicted molar refractivity (Wildman–Crippen MR) is 72.7 cm³/mol. The topological polar surface area (TPSA) is 61.4 Å². The first-order valence-corrected chi connectivity index (χ1v) is 6.27. The summed E-state index contributed by atoms with van der Waals surface area (Å²) >= 11 is 0. The number of aliphatic hydroxyl groups is 1. The van der Waals surface area contributed by atoms with Crippen molar-refractivity contribution in [1.82, 2.24) is 10.6 Å². The third kappa shape index (κ3) is 4.85. The summed E-state index contributed by atoms with van der Waals surface area (Å²) in [7, 11) is 0. The van der Waals surface area contributed by atoms with Crippen molar-refractivity contribution < 1.29 is 9.90 Å². The van der Waals surface area contributed by atoms with Gasteiger partial charge in [-0.15, -0.1) is 0 Å². The maximum atomic E-state index is 11.7. The van der Waals surface area contributed by atoms with Gasteiger partial charge in [-0.25, -0.2) is 0 Å². The van der Waals surface area contributed by atoms with Gasteiger partial charge in [0.25, 0.3) is 5.91 Å². The minimum Gasteiger partial charge on any atom is -0.392 e. The zero-order chi connectivity index (χ0) is 13.5. The summed E-state index contributed by atoms with van der Waals surface area (Å²) in [5, 5.41) is 15.2. The molecule has 1 aromatic carbocycles. The molecule has 100 valence electrons. The lowest BCUT2D eigenvalue weighted by molar-refractivity contribution is 0.0952. The molecule has 0 aromatic heterocycles. The number of aryl methyl sites for hydroxylation is 1. The Labute approximate surface area is 108 Å². The molecule has 0 bridgehead atoms. The molecule has 18 heavy (non-hydrogen) atoms. The van der Waals surface area contributed by atoms with Crippen LogP contribution in [0.2, 0.25) is 0 Å². The van der Waals surface area contributed by atoms with Gasteiger partial charge in [0, 0.05) is 24.7 Å². The van der Waals surface area contributed by atoms with Crippen molar-refractivity contribution in [2.24, 2.45) is 0 Å². The van der Waals surface area contributed by atoms with Crippen LogP contribution in [0.5, 0.6) is 0 Å². The molecule has 1 aromatic rings. The fourth-order valence-electron chi connectivity index (χ4n) is 1.45. The highest BCUT2D eigenvalue weighted by molar-refractivity contribution is 5.94. The van der Waals surface area contributed by atoms with E-state index in [1.165, 1.54) is 0 Å². The molecule has 0 saturated heterocycles. The molecular formula is C14H22N2O2. The lowest BCUT2D eigenvalue weighted by Gasteiger charge is -2.16. The molecule has 3 N–H and O–H groups in total. The van der Waals surface area contributed by atoms with Gasteiger partial charge in [0.2, 0.25) is 0 Å². The van der Waals surface area contributed by atoms with Gasteiger partial charge in [-0.2, -0.15) is 0 Å². The van der Waals surface area contributed by atoms with Gasteiger partial charge in [0.1, 0.15) is 0 Å². The van der Waals surface area contributed by atoms with Crippen LogP contribution in [0.4, 0.5) is 0 Å². The molecule has 0 saturated carbocycles. The van der Waals surface area contributed by atoms with E-state index in [1.807, 2.05) is 38.1 Å². The Hall–Kier alpha value is -1.39. The Bertz CT molecular complexity index is 374. The van der Waals surface area contributed by atoms with E-state index in [0.29, 0.717) is 18.7 Å². The van der Waals surface area contributed by atoms with Gasteiger partial charge in [-0.05, 0) is 32.9 Å². The van der Waals surface area contributed by atoms with Gasteiger partial charge in [0.05, 0.1) is 6.10 Å². The number of carbonyl (C=O) groups is 1. The minimum atomic E-state index is -0.391. The minimum absolute atomic E-state index is 0.0290. The number of hydrogen-bond donors (Lipinski definition) is 3. The van der Waals surface area contributed by atoms with E-state index in [2.05, 4.69) is 10.6 Å². The van der Waals surface area contributed by atoms with Crippen LogP contribution in [0, 0.1) is 6.92 Å². The summed E-state index contributed by atoms with van der Waals surface area (Å²) in [5.74, 6) is -0.0681. The fraction of sp³-hybridized carbons (Fsp3) is 0.500. The lowest BCUT2D eigenvalue weighted by atomic mass is 10.1. The Kier molecular flexibility index (Phi) is 5.82. The highest BCUT2D eigenvalue weighted by Crippen LogP contribution is 2.02. The highest BCUT2D eigenvalue weighted by Gasteiger charge is 2.07. The number of rotatable bonds is 6.